The Bertz CT molecular complexity index is 304. The highest BCUT2D eigenvalue weighted by molar-refractivity contribution is 5.42. The second-order valence-corrected chi connectivity index (χ2v) is 5.37. The van der Waals surface area contributed by atoms with Crippen LogP contribution < -0.4 is 0 Å². The molecule has 0 fully saturated rings. The van der Waals surface area contributed by atoms with E-state index in [9.17, 15) is 0 Å². The van der Waals surface area contributed by atoms with Crippen molar-refractivity contribution in [1.82, 2.24) is 4.98 Å². The first-order valence-electron chi connectivity index (χ1n) is 4.88. The highest BCUT2D eigenvalue weighted by atomic mass is 14.6. The first-order valence-corrected chi connectivity index (χ1v) is 4.88. The maximum absolute atomic E-state index is 4.22. The lowest BCUT2D eigenvalue weighted by Crippen LogP contribution is -2.17. The van der Waals surface area contributed by atoms with Crippen LogP contribution in [0.2, 0.25) is 0 Å². The van der Waals surface area contributed by atoms with Gasteiger partial charge in [-0.25, -0.2) is 0 Å². The smallest absolute Gasteiger partial charge is 0.0308 e. The third-order valence-electron chi connectivity index (χ3n) is 3.16. The van der Waals surface area contributed by atoms with Crippen molar-refractivity contribution < 1.29 is 0 Å². The monoisotopic (exact) mass is 175 g/mol. The van der Waals surface area contributed by atoms with Gasteiger partial charge in [-0.05, 0) is 34.4 Å². The molecular formula is C12H17N. The van der Waals surface area contributed by atoms with Gasteiger partial charge in [0, 0.05) is 12.4 Å². The third-order valence-corrected chi connectivity index (χ3v) is 3.16. The summed E-state index contributed by atoms with van der Waals surface area (Å²) < 4.78 is 0. The standard InChI is InChI=1S/C12H17N/c1-11(2)8-12(3,4)10-7-13-6-5-9(10)11/h5-7H,8H2,1-4H3. The average molecular weight is 175 g/mol. The quantitative estimate of drug-likeness (QED) is 0.590. The molecule has 1 heteroatoms. The summed E-state index contributed by atoms with van der Waals surface area (Å²) in [5, 5.41) is 0. The zero-order valence-corrected chi connectivity index (χ0v) is 8.89. The van der Waals surface area contributed by atoms with Crippen LogP contribution in [0.3, 0.4) is 0 Å². The number of nitrogens with zero attached hydrogens (tertiary/aromatic N) is 1. The molecule has 0 unspecified atom stereocenters. The Labute approximate surface area is 80.2 Å². The highest BCUT2D eigenvalue weighted by Gasteiger charge is 2.41. The second-order valence-electron chi connectivity index (χ2n) is 5.37. The first-order chi connectivity index (χ1) is 5.93. The minimum absolute atomic E-state index is 0.299. The van der Waals surface area contributed by atoms with Crippen molar-refractivity contribution in [1.29, 1.82) is 0 Å². The van der Waals surface area contributed by atoms with E-state index in [1.807, 2.05) is 12.4 Å². The van der Waals surface area contributed by atoms with Crippen molar-refractivity contribution in [3.8, 4) is 0 Å². The van der Waals surface area contributed by atoms with Gasteiger partial charge in [-0.3, -0.25) is 4.98 Å². The van der Waals surface area contributed by atoms with Gasteiger partial charge in [-0.15, -0.1) is 0 Å². The molecule has 2 rings (SSSR count). The van der Waals surface area contributed by atoms with Crippen LogP contribution in [0.15, 0.2) is 18.5 Å². The van der Waals surface area contributed by atoms with Gasteiger partial charge in [0.2, 0.25) is 0 Å². The number of hydrogen-bond donors (Lipinski definition) is 0. The summed E-state index contributed by atoms with van der Waals surface area (Å²) in [6.45, 7) is 9.26. The van der Waals surface area contributed by atoms with E-state index in [1.165, 1.54) is 17.5 Å². The molecular weight excluding hydrogens is 158 g/mol. The van der Waals surface area contributed by atoms with Crippen molar-refractivity contribution >= 4 is 0 Å². The van der Waals surface area contributed by atoms with Gasteiger partial charge in [0.05, 0.1) is 0 Å². The minimum Gasteiger partial charge on any atom is -0.264 e. The van der Waals surface area contributed by atoms with E-state index in [-0.39, 0.29) is 0 Å². The molecule has 0 bridgehead atoms. The van der Waals surface area contributed by atoms with Crippen molar-refractivity contribution in [2.45, 2.75) is 44.9 Å². The van der Waals surface area contributed by atoms with Gasteiger partial charge in [-0.2, -0.15) is 0 Å². The molecule has 1 nitrogen and oxygen atoms in total. The zero-order valence-electron chi connectivity index (χ0n) is 8.89. The molecule has 0 N–H and O–H groups in total. The maximum atomic E-state index is 4.22. The molecule has 0 saturated heterocycles. The lowest BCUT2D eigenvalue weighted by molar-refractivity contribution is 0.403. The summed E-state index contributed by atoms with van der Waals surface area (Å²) in [6.07, 6.45) is 5.16. The largest absolute Gasteiger partial charge is 0.264 e. The Morgan fingerprint density at radius 3 is 2.31 bits per heavy atom. The highest BCUT2D eigenvalue weighted by Crippen LogP contribution is 2.48. The summed E-state index contributed by atoms with van der Waals surface area (Å²) in [7, 11) is 0. The van der Waals surface area contributed by atoms with E-state index >= 15 is 0 Å². The summed E-state index contributed by atoms with van der Waals surface area (Å²) in [6, 6.07) is 2.17. The van der Waals surface area contributed by atoms with Gasteiger partial charge < -0.3 is 0 Å². The average Bonchev–Trinajstić information content (AvgIpc) is 2.20. The molecule has 0 atom stereocenters. The van der Waals surface area contributed by atoms with E-state index in [4.69, 9.17) is 0 Å². The normalized spacial score (nSPS) is 22.8. The maximum Gasteiger partial charge on any atom is 0.0308 e. The zero-order chi connectivity index (χ0) is 9.69. The van der Waals surface area contributed by atoms with Crippen molar-refractivity contribution in [2.24, 2.45) is 0 Å². The summed E-state index contributed by atoms with van der Waals surface area (Å²) >= 11 is 0. The summed E-state index contributed by atoms with van der Waals surface area (Å²) in [5.41, 5.74) is 3.53. The fourth-order valence-corrected chi connectivity index (χ4v) is 2.82. The molecule has 1 aromatic rings. The van der Waals surface area contributed by atoms with E-state index < -0.39 is 0 Å². The topological polar surface area (TPSA) is 12.9 Å². The molecule has 0 radical (unpaired) electrons. The second kappa shape index (κ2) is 2.34. The summed E-state index contributed by atoms with van der Waals surface area (Å²) in [5.74, 6) is 0. The van der Waals surface area contributed by atoms with Crippen LogP contribution in [-0.4, -0.2) is 4.98 Å². The van der Waals surface area contributed by atoms with E-state index in [2.05, 4.69) is 38.7 Å². The SMILES string of the molecule is CC1(C)CC(C)(C)c2cnccc21. The molecule has 70 valence electrons. The van der Waals surface area contributed by atoms with E-state index in [1.54, 1.807) is 0 Å². The Balaban J connectivity index is 2.64. The van der Waals surface area contributed by atoms with Gasteiger partial charge >= 0.3 is 0 Å². The third kappa shape index (κ3) is 1.18. The predicted molar refractivity (Wildman–Crippen MR) is 54.9 cm³/mol. The van der Waals surface area contributed by atoms with Crippen LogP contribution in [0, 0.1) is 0 Å². The predicted octanol–water partition coefficient (Wildman–Crippen LogP) is 3.04. The summed E-state index contributed by atoms with van der Waals surface area (Å²) in [4.78, 5) is 4.22. The Kier molecular flexibility index (Phi) is 1.57. The number of hydrogen-bond acceptors (Lipinski definition) is 1. The molecule has 0 aromatic carbocycles. The number of fused-ring (bicyclic) bond motifs is 1. The molecule has 1 aliphatic rings. The van der Waals surface area contributed by atoms with Crippen molar-refractivity contribution in [2.75, 3.05) is 0 Å². The van der Waals surface area contributed by atoms with Crippen molar-refractivity contribution in [3.05, 3.63) is 29.6 Å². The van der Waals surface area contributed by atoms with Gasteiger partial charge in [0.25, 0.3) is 0 Å². The lowest BCUT2D eigenvalue weighted by atomic mass is 9.82. The molecule has 1 aromatic heterocycles. The van der Waals surface area contributed by atoms with Crippen LogP contribution in [0.1, 0.15) is 45.2 Å². The van der Waals surface area contributed by atoms with Gasteiger partial charge in [0.15, 0.2) is 0 Å². The molecule has 1 heterocycles. The fourth-order valence-electron chi connectivity index (χ4n) is 2.82. The van der Waals surface area contributed by atoms with Crippen LogP contribution in [0.25, 0.3) is 0 Å². The molecule has 13 heavy (non-hydrogen) atoms. The Hall–Kier alpha value is -0.850. The number of aromatic nitrogens is 1. The molecule has 0 spiro atoms. The van der Waals surface area contributed by atoms with Gasteiger partial charge in [-0.1, -0.05) is 27.7 Å². The van der Waals surface area contributed by atoms with Crippen molar-refractivity contribution in [3.63, 3.8) is 0 Å². The van der Waals surface area contributed by atoms with Crippen LogP contribution in [0.4, 0.5) is 0 Å². The number of rotatable bonds is 0. The lowest BCUT2D eigenvalue weighted by Gasteiger charge is -2.22. The Morgan fingerprint density at radius 2 is 1.69 bits per heavy atom. The molecule has 0 saturated carbocycles. The molecule has 1 aliphatic carbocycles. The molecule has 0 amide bonds. The number of pyridine rings is 1. The van der Waals surface area contributed by atoms with Gasteiger partial charge in [0.1, 0.15) is 0 Å². The van der Waals surface area contributed by atoms with Crippen LogP contribution in [-0.2, 0) is 10.8 Å². The Morgan fingerprint density at radius 1 is 1.08 bits per heavy atom. The van der Waals surface area contributed by atoms with E-state index in [0.717, 1.165) is 0 Å². The van der Waals surface area contributed by atoms with E-state index in [0.29, 0.717) is 10.8 Å². The first kappa shape index (κ1) is 8.74. The fraction of sp³-hybridized carbons (Fsp3) is 0.583. The van der Waals surface area contributed by atoms with Crippen LogP contribution >= 0.6 is 0 Å². The molecule has 0 aliphatic heterocycles. The van der Waals surface area contributed by atoms with Crippen LogP contribution in [0.5, 0.6) is 0 Å². The minimum atomic E-state index is 0.299.